The Balaban J connectivity index is 1.66. The monoisotopic (exact) mass is 374 g/mol. The van der Waals surface area contributed by atoms with Crippen molar-refractivity contribution in [2.24, 2.45) is 0 Å². The first-order valence-electron chi connectivity index (χ1n) is 8.91. The topological polar surface area (TPSA) is 41.1 Å². The summed E-state index contributed by atoms with van der Waals surface area (Å²) < 4.78 is 0. The number of thiocarbonyl (C=S) groups is 1. The van der Waals surface area contributed by atoms with Gasteiger partial charge in [-0.05, 0) is 53.0 Å². The molecule has 0 unspecified atom stereocenters. The average Bonchev–Trinajstić information content (AvgIpc) is 2.69. The molecule has 0 heterocycles. The SMILES string of the molecule is CC(C)c1ccccc1NC(=S)NC(=O)c1ccc(-c2ccccc2)cc1. The lowest BCUT2D eigenvalue weighted by Crippen LogP contribution is -2.34. The average molecular weight is 375 g/mol. The van der Waals surface area contributed by atoms with E-state index in [-0.39, 0.29) is 5.91 Å². The van der Waals surface area contributed by atoms with Gasteiger partial charge in [0.1, 0.15) is 0 Å². The molecule has 136 valence electrons. The van der Waals surface area contributed by atoms with E-state index in [4.69, 9.17) is 12.2 Å². The molecular weight excluding hydrogens is 352 g/mol. The van der Waals surface area contributed by atoms with Crippen molar-refractivity contribution in [3.8, 4) is 11.1 Å². The normalized spacial score (nSPS) is 10.5. The Bertz CT molecular complexity index is 934. The van der Waals surface area contributed by atoms with Crippen molar-refractivity contribution < 1.29 is 4.79 Å². The van der Waals surface area contributed by atoms with E-state index in [9.17, 15) is 4.79 Å². The van der Waals surface area contributed by atoms with Crippen LogP contribution in [0.4, 0.5) is 5.69 Å². The van der Waals surface area contributed by atoms with Crippen LogP contribution in [0, 0.1) is 0 Å². The molecule has 1 amide bonds. The van der Waals surface area contributed by atoms with Crippen LogP contribution >= 0.6 is 12.2 Å². The molecule has 3 rings (SSSR count). The number of carbonyl (C=O) groups excluding carboxylic acids is 1. The predicted molar refractivity (Wildman–Crippen MR) is 116 cm³/mol. The molecule has 0 radical (unpaired) electrons. The van der Waals surface area contributed by atoms with Crippen LogP contribution in [0.1, 0.15) is 35.7 Å². The molecule has 0 aliphatic heterocycles. The number of hydrogen-bond acceptors (Lipinski definition) is 2. The fourth-order valence-corrected chi connectivity index (χ4v) is 3.09. The summed E-state index contributed by atoms with van der Waals surface area (Å²) in [6, 6.07) is 25.5. The smallest absolute Gasteiger partial charge is 0.257 e. The third-order valence-corrected chi connectivity index (χ3v) is 4.52. The summed E-state index contributed by atoms with van der Waals surface area (Å²) in [6.45, 7) is 4.24. The van der Waals surface area contributed by atoms with Gasteiger partial charge < -0.3 is 5.32 Å². The van der Waals surface area contributed by atoms with Crippen LogP contribution < -0.4 is 10.6 Å². The van der Waals surface area contributed by atoms with Gasteiger partial charge >= 0.3 is 0 Å². The molecular formula is C23H22N2OS. The molecule has 27 heavy (non-hydrogen) atoms. The second-order valence-corrected chi connectivity index (χ2v) is 7.00. The van der Waals surface area contributed by atoms with Crippen LogP contribution in [0.15, 0.2) is 78.9 Å². The van der Waals surface area contributed by atoms with Crippen molar-refractivity contribution in [1.29, 1.82) is 0 Å². The zero-order valence-electron chi connectivity index (χ0n) is 15.4. The van der Waals surface area contributed by atoms with Gasteiger partial charge in [-0.15, -0.1) is 0 Å². The van der Waals surface area contributed by atoms with E-state index < -0.39 is 0 Å². The van der Waals surface area contributed by atoms with E-state index in [1.165, 1.54) is 0 Å². The quantitative estimate of drug-likeness (QED) is 0.584. The van der Waals surface area contributed by atoms with Crippen LogP contribution in [-0.2, 0) is 0 Å². The van der Waals surface area contributed by atoms with Crippen molar-refractivity contribution in [2.75, 3.05) is 5.32 Å². The molecule has 0 aliphatic carbocycles. The molecule has 3 aromatic carbocycles. The predicted octanol–water partition coefficient (Wildman–Crippen LogP) is 5.60. The third kappa shape index (κ3) is 4.80. The minimum absolute atomic E-state index is 0.228. The van der Waals surface area contributed by atoms with E-state index in [2.05, 4.69) is 30.5 Å². The lowest BCUT2D eigenvalue weighted by atomic mass is 10.0. The van der Waals surface area contributed by atoms with Crippen LogP contribution in [0.5, 0.6) is 0 Å². The summed E-state index contributed by atoms with van der Waals surface area (Å²) in [5, 5.41) is 6.17. The Kier molecular flexibility index (Phi) is 5.99. The van der Waals surface area contributed by atoms with Crippen molar-refractivity contribution >= 4 is 28.9 Å². The number of anilines is 1. The number of rotatable bonds is 4. The number of nitrogens with one attached hydrogen (secondary N) is 2. The number of hydrogen-bond donors (Lipinski definition) is 2. The standard InChI is InChI=1S/C23H22N2OS/c1-16(2)20-10-6-7-11-21(20)24-23(27)25-22(26)19-14-12-18(13-15-19)17-8-4-3-5-9-17/h3-16H,1-2H3,(H2,24,25,26,27). The Morgan fingerprint density at radius 2 is 1.41 bits per heavy atom. The fraction of sp³-hybridized carbons (Fsp3) is 0.130. The molecule has 3 nitrogen and oxygen atoms in total. The van der Waals surface area contributed by atoms with Crippen LogP contribution in [0.3, 0.4) is 0 Å². The Labute approximate surface area is 165 Å². The molecule has 0 saturated heterocycles. The first-order valence-corrected chi connectivity index (χ1v) is 9.32. The van der Waals surface area contributed by atoms with Gasteiger partial charge in [-0.1, -0.05) is 74.5 Å². The van der Waals surface area contributed by atoms with Crippen molar-refractivity contribution in [1.82, 2.24) is 5.32 Å². The summed E-state index contributed by atoms with van der Waals surface area (Å²) in [5.74, 6) is 0.131. The lowest BCUT2D eigenvalue weighted by Gasteiger charge is -2.15. The first kappa shape index (κ1) is 18.8. The Hall–Kier alpha value is -2.98. The molecule has 0 bridgehead atoms. The summed E-state index contributed by atoms with van der Waals surface area (Å²) in [5.41, 5.74) is 4.82. The molecule has 0 aromatic heterocycles. The van der Waals surface area contributed by atoms with Crippen molar-refractivity contribution in [3.05, 3.63) is 90.0 Å². The zero-order valence-corrected chi connectivity index (χ0v) is 16.2. The lowest BCUT2D eigenvalue weighted by molar-refractivity contribution is 0.0978. The van der Waals surface area contributed by atoms with Crippen LogP contribution in [-0.4, -0.2) is 11.0 Å². The van der Waals surface area contributed by atoms with Crippen LogP contribution in [0.25, 0.3) is 11.1 Å². The molecule has 0 saturated carbocycles. The van der Waals surface area contributed by atoms with Gasteiger partial charge in [-0.2, -0.15) is 0 Å². The minimum Gasteiger partial charge on any atom is -0.332 e. The Morgan fingerprint density at radius 3 is 2.07 bits per heavy atom. The zero-order chi connectivity index (χ0) is 19.2. The summed E-state index contributed by atoms with van der Waals surface area (Å²) in [7, 11) is 0. The van der Waals surface area contributed by atoms with E-state index in [0.717, 1.165) is 22.4 Å². The highest BCUT2D eigenvalue weighted by Gasteiger charge is 2.11. The van der Waals surface area contributed by atoms with E-state index >= 15 is 0 Å². The van der Waals surface area contributed by atoms with Gasteiger partial charge in [0.05, 0.1) is 0 Å². The van der Waals surface area contributed by atoms with Gasteiger partial charge in [0.2, 0.25) is 0 Å². The van der Waals surface area contributed by atoms with Gasteiger partial charge in [0.15, 0.2) is 5.11 Å². The van der Waals surface area contributed by atoms with Crippen LogP contribution in [0.2, 0.25) is 0 Å². The van der Waals surface area contributed by atoms with Gasteiger partial charge in [0, 0.05) is 11.3 Å². The number of para-hydroxylation sites is 1. The second kappa shape index (κ2) is 8.60. The maximum absolute atomic E-state index is 12.5. The molecule has 4 heteroatoms. The number of benzene rings is 3. The highest BCUT2D eigenvalue weighted by molar-refractivity contribution is 7.80. The second-order valence-electron chi connectivity index (χ2n) is 6.59. The van der Waals surface area contributed by atoms with Crippen molar-refractivity contribution in [3.63, 3.8) is 0 Å². The summed E-state index contributed by atoms with van der Waals surface area (Å²) in [4.78, 5) is 12.5. The molecule has 2 N–H and O–H groups in total. The van der Waals surface area contributed by atoms with E-state index in [1.54, 1.807) is 0 Å². The number of carbonyl (C=O) groups is 1. The fourth-order valence-electron chi connectivity index (χ4n) is 2.89. The Morgan fingerprint density at radius 1 is 0.815 bits per heavy atom. The molecule has 0 spiro atoms. The maximum atomic E-state index is 12.5. The highest BCUT2D eigenvalue weighted by atomic mass is 32.1. The van der Waals surface area contributed by atoms with Gasteiger partial charge in [-0.3, -0.25) is 10.1 Å². The van der Waals surface area contributed by atoms with Crippen molar-refractivity contribution in [2.45, 2.75) is 19.8 Å². The molecule has 0 atom stereocenters. The third-order valence-electron chi connectivity index (χ3n) is 4.31. The van der Waals surface area contributed by atoms with Gasteiger partial charge in [0.25, 0.3) is 5.91 Å². The molecule has 3 aromatic rings. The summed E-state index contributed by atoms with van der Waals surface area (Å²) >= 11 is 5.32. The molecule has 0 aliphatic rings. The van der Waals surface area contributed by atoms with E-state index in [0.29, 0.717) is 16.6 Å². The number of amides is 1. The minimum atomic E-state index is -0.228. The summed E-state index contributed by atoms with van der Waals surface area (Å²) in [6.07, 6.45) is 0. The van der Waals surface area contributed by atoms with Gasteiger partial charge in [-0.25, -0.2) is 0 Å². The first-order chi connectivity index (χ1) is 13.0. The highest BCUT2D eigenvalue weighted by Crippen LogP contribution is 2.23. The largest absolute Gasteiger partial charge is 0.332 e. The van der Waals surface area contributed by atoms with E-state index in [1.807, 2.05) is 72.8 Å². The molecule has 0 fully saturated rings. The maximum Gasteiger partial charge on any atom is 0.257 e.